The lowest BCUT2D eigenvalue weighted by Crippen LogP contribution is -2.40. The molecule has 8 rings (SSSR count). The summed E-state index contributed by atoms with van der Waals surface area (Å²) in [5.74, 6) is 1.87. The number of aromatic amines is 2. The maximum Gasteiger partial charge on any atom is 0.245 e. The molecule has 2 saturated heterocycles. The monoisotopic (exact) mass is 704 g/mol. The van der Waals surface area contributed by atoms with Crippen molar-refractivity contribution in [1.29, 1.82) is 0 Å². The van der Waals surface area contributed by atoms with Crippen LogP contribution in [0.5, 0.6) is 0 Å². The summed E-state index contributed by atoms with van der Waals surface area (Å²) in [7, 11) is 3.92. The number of carbonyl (C=O) groups excluding carboxylic acids is 2. The van der Waals surface area contributed by atoms with Crippen LogP contribution in [0.15, 0.2) is 116 Å². The first kappa shape index (κ1) is 34.2. The van der Waals surface area contributed by atoms with Crippen LogP contribution in [0.1, 0.15) is 66.6 Å². The number of nitrogens with zero attached hydrogens (tertiary/aromatic N) is 6. The van der Waals surface area contributed by atoms with Crippen LogP contribution in [-0.2, 0) is 16.0 Å². The summed E-state index contributed by atoms with van der Waals surface area (Å²) in [6.45, 7) is 1.46. The third kappa shape index (κ3) is 7.15. The van der Waals surface area contributed by atoms with Gasteiger partial charge >= 0.3 is 0 Å². The van der Waals surface area contributed by atoms with Gasteiger partial charge in [0.1, 0.15) is 17.7 Å². The van der Waals surface area contributed by atoms with E-state index in [1.807, 2.05) is 83.7 Å². The van der Waals surface area contributed by atoms with Gasteiger partial charge in [0.25, 0.3) is 0 Å². The molecule has 2 fully saturated rings. The molecule has 0 bridgehead atoms. The molecule has 0 radical (unpaired) electrons. The molecular formula is C43H44N8O2. The van der Waals surface area contributed by atoms with Gasteiger partial charge in [-0.3, -0.25) is 19.5 Å². The number of imidazole rings is 2. The Bertz CT molecular complexity index is 2160. The van der Waals surface area contributed by atoms with Gasteiger partial charge in [-0.25, -0.2) is 9.97 Å². The molecule has 5 heterocycles. The molecule has 53 heavy (non-hydrogen) atoms. The molecule has 268 valence electrons. The van der Waals surface area contributed by atoms with Crippen LogP contribution >= 0.6 is 0 Å². The second-order valence-electron chi connectivity index (χ2n) is 14.3. The van der Waals surface area contributed by atoms with E-state index >= 15 is 0 Å². The van der Waals surface area contributed by atoms with Crippen molar-refractivity contribution < 1.29 is 9.59 Å². The van der Waals surface area contributed by atoms with Gasteiger partial charge in [-0.05, 0) is 79.2 Å². The summed E-state index contributed by atoms with van der Waals surface area (Å²) in [5.41, 5.74) is 8.10. The minimum absolute atomic E-state index is 0.0497. The van der Waals surface area contributed by atoms with Crippen molar-refractivity contribution >= 4 is 11.8 Å². The highest BCUT2D eigenvalue weighted by atomic mass is 16.2. The number of nitrogens with one attached hydrogen (secondary N) is 2. The molecule has 2 amide bonds. The number of pyridine rings is 1. The Kier molecular flexibility index (Phi) is 9.69. The summed E-state index contributed by atoms with van der Waals surface area (Å²) in [6.07, 6.45) is 11.2. The van der Waals surface area contributed by atoms with Gasteiger partial charge in [0.2, 0.25) is 11.8 Å². The summed E-state index contributed by atoms with van der Waals surface area (Å²) < 4.78 is 0. The largest absolute Gasteiger partial charge is 0.340 e. The zero-order chi connectivity index (χ0) is 36.3. The number of hydrogen-bond acceptors (Lipinski definition) is 6. The van der Waals surface area contributed by atoms with Crippen molar-refractivity contribution in [3.8, 4) is 33.6 Å². The van der Waals surface area contributed by atoms with Crippen molar-refractivity contribution in [3.63, 3.8) is 0 Å². The van der Waals surface area contributed by atoms with Gasteiger partial charge in [0.15, 0.2) is 0 Å². The number of carbonyl (C=O) groups is 2. The molecule has 10 heteroatoms. The second-order valence-corrected chi connectivity index (χ2v) is 14.3. The number of likely N-dealkylation sites (tertiary alicyclic amines) is 2. The molecule has 3 aromatic heterocycles. The van der Waals surface area contributed by atoms with Crippen molar-refractivity contribution in [2.75, 3.05) is 27.2 Å². The highest BCUT2D eigenvalue weighted by molar-refractivity contribution is 5.84. The van der Waals surface area contributed by atoms with Crippen LogP contribution in [-0.4, -0.2) is 78.6 Å². The average Bonchev–Trinajstić information content (AvgIpc) is 4.03. The van der Waals surface area contributed by atoms with E-state index in [0.29, 0.717) is 6.42 Å². The van der Waals surface area contributed by atoms with Crippen molar-refractivity contribution in [2.24, 2.45) is 0 Å². The number of aromatic nitrogens is 5. The lowest BCUT2D eigenvalue weighted by atomic mass is 10.0. The van der Waals surface area contributed by atoms with Crippen LogP contribution in [0.25, 0.3) is 33.6 Å². The first-order valence-electron chi connectivity index (χ1n) is 18.4. The first-order chi connectivity index (χ1) is 25.9. The number of H-pyrrole nitrogens is 2. The minimum atomic E-state index is -0.340. The topological polar surface area (TPSA) is 114 Å². The predicted octanol–water partition coefficient (Wildman–Crippen LogP) is 7.40. The molecule has 2 aliphatic heterocycles. The fourth-order valence-corrected chi connectivity index (χ4v) is 7.89. The van der Waals surface area contributed by atoms with Gasteiger partial charge < -0.3 is 19.8 Å². The third-order valence-electron chi connectivity index (χ3n) is 10.6. The van der Waals surface area contributed by atoms with Crippen molar-refractivity contribution in [1.82, 2.24) is 39.6 Å². The molecule has 0 saturated carbocycles. The first-order valence-corrected chi connectivity index (χ1v) is 18.4. The average molecular weight is 705 g/mol. The van der Waals surface area contributed by atoms with Crippen LogP contribution in [0.3, 0.4) is 0 Å². The van der Waals surface area contributed by atoms with Gasteiger partial charge in [-0.2, -0.15) is 0 Å². The Morgan fingerprint density at radius 3 is 1.79 bits per heavy atom. The predicted molar refractivity (Wildman–Crippen MR) is 205 cm³/mol. The molecule has 0 aliphatic carbocycles. The zero-order valence-electron chi connectivity index (χ0n) is 30.2. The van der Waals surface area contributed by atoms with Crippen LogP contribution in [0.2, 0.25) is 0 Å². The van der Waals surface area contributed by atoms with E-state index in [1.54, 1.807) is 12.4 Å². The zero-order valence-corrected chi connectivity index (χ0v) is 30.2. The molecular weight excluding hydrogens is 661 g/mol. The van der Waals surface area contributed by atoms with Gasteiger partial charge in [0.05, 0.1) is 42.3 Å². The molecule has 0 spiro atoms. The van der Waals surface area contributed by atoms with Crippen molar-refractivity contribution in [3.05, 3.63) is 139 Å². The number of likely N-dealkylation sites (N-methyl/N-ethyl adjacent to an activating group) is 1. The molecule has 6 aromatic rings. The lowest BCUT2D eigenvalue weighted by Gasteiger charge is -2.31. The Morgan fingerprint density at radius 1 is 0.698 bits per heavy atom. The molecule has 10 nitrogen and oxygen atoms in total. The number of amides is 2. The fraction of sp³-hybridized carbons (Fsp3) is 0.279. The van der Waals surface area contributed by atoms with E-state index in [1.165, 1.54) is 0 Å². The van der Waals surface area contributed by atoms with Gasteiger partial charge in [-0.1, -0.05) is 84.9 Å². The van der Waals surface area contributed by atoms with Crippen LogP contribution in [0.4, 0.5) is 0 Å². The number of hydrogen-bond donors (Lipinski definition) is 2. The molecule has 2 N–H and O–H groups in total. The van der Waals surface area contributed by atoms with E-state index in [-0.39, 0.29) is 29.9 Å². The second kappa shape index (κ2) is 15.0. The molecule has 3 atom stereocenters. The quantitative estimate of drug-likeness (QED) is 0.154. The summed E-state index contributed by atoms with van der Waals surface area (Å²) >= 11 is 0. The molecule has 0 unspecified atom stereocenters. The van der Waals surface area contributed by atoms with E-state index in [4.69, 9.17) is 9.97 Å². The van der Waals surface area contributed by atoms with E-state index < -0.39 is 0 Å². The summed E-state index contributed by atoms with van der Waals surface area (Å²) in [4.78, 5) is 53.6. The van der Waals surface area contributed by atoms with Gasteiger partial charge in [0, 0.05) is 25.5 Å². The van der Waals surface area contributed by atoms with Gasteiger partial charge in [-0.15, -0.1) is 0 Å². The maximum absolute atomic E-state index is 13.9. The Labute approximate surface area is 309 Å². The number of benzene rings is 3. The lowest BCUT2D eigenvalue weighted by molar-refractivity contribution is -0.137. The summed E-state index contributed by atoms with van der Waals surface area (Å²) in [5, 5.41) is 0. The Morgan fingerprint density at radius 2 is 1.25 bits per heavy atom. The fourth-order valence-electron chi connectivity index (χ4n) is 7.89. The van der Waals surface area contributed by atoms with Crippen LogP contribution in [0, 0.1) is 0 Å². The summed E-state index contributed by atoms with van der Waals surface area (Å²) in [6, 6.07) is 30.3. The highest BCUT2D eigenvalue weighted by Crippen LogP contribution is 2.36. The Hall–Kier alpha value is -5.87. The SMILES string of the molecule is CN(C)[C@@H](C(=O)N1CCC[C@H]1c1ncc(-c2ccc(-c3ccc(-c4cnc([C@@H]5CCCN5C(=O)Cc5cccnc5)[nH]4)cc3)cc2)[nH]1)c1ccccc1. The highest BCUT2D eigenvalue weighted by Gasteiger charge is 2.37. The van der Waals surface area contributed by atoms with E-state index in [9.17, 15) is 9.59 Å². The third-order valence-corrected chi connectivity index (χ3v) is 10.6. The molecule has 3 aromatic carbocycles. The molecule has 2 aliphatic rings. The normalized spacial score (nSPS) is 17.8. The van der Waals surface area contributed by atoms with E-state index in [2.05, 4.69) is 63.5 Å². The van der Waals surface area contributed by atoms with Crippen molar-refractivity contribution in [2.45, 2.75) is 50.2 Å². The minimum Gasteiger partial charge on any atom is -0.340 e. The standard InChI is InChI=1S/C43H44N8O2/c1-49(2)40(34-10-4-3-5-11-34)43(53)51-24-8-13-38(51)42-46-28-36(48-42)33-20-16-31(17-21-33)30-14-18-32(19-15-30)35-27-45-41(47-35)37-12-7-23-50(37)39(52)25-29-9-6-22-44-26-29/h3-6,9-11,14-22,26-28,37-38,40H,7-8,12-13,23-25H2,1-2H3,(H,45,47)(H,46,48)/t37-,38-,40+/m0/s1. The van der Waals surface area contributed by atoms with Crippen LogP contribution < -0.4 is 0 Å². The smallest absolute Gasteiger partial charge is 0.245 e. The van der Waals surface area contributed by atoms with E-state index in [0.717, 1.165) is 95.2 Å². The maximum atomic E-state index is 13.9. The Balaban J connectivity index is 0.921. The number of rotatable bonds is 10.